The minimum Gasteiger partial charge on any atom is -0.494 e. The van der Waals surface area contributed by atoms with E-state index < -0.39 is 0 Å². The van der Waals surface area contributed by atoms with Gasteiger partial charge in [-0.25, -0.2) is 4.68 Å². The molecule has 136 valence electrons. The predicted molar refractivity (Wildman–Crippen MR) is 100.0 cm³/mol. The third-order valence-corrected chi connectivity index (χ3v) is 4.29. The molecule has 0 radical (unpaired) electrons. The van der Waals surface area contributed by atoms with E-state index >= 15 is 0 Å². The molecule has 0 saturated heterocycles. The number of thioether (sulfide) groups is 1. The lowest BCUT2D eigenvalue weighted by Gasteiger charge is -2.22. The van der Waals surface area contributed by atoms with Crippen molar-refractivity contribution >= 4 is 17.7 Å². The number of nitrogens with zero attached hydrogens (tertiary/aromatic N) is 3. The van der Waals surface area contributed by atoms with Crippen molar-refractivity contribution in [3.8, 4) is 17.1 Å². The summed E-state index contributed by atoms with van der Waals surface area (Å²) in [5.41, 5.74) is 0.549. The Labute approximate surface area is 152 Å². The van der Waals surface area contributed by atoms with E-state index in [1.54, 1.807) is 0 Å². The van der Waals surface area contributed by atoms with Gasteiger partial charge in [-0.15, -0.1) is 10.2 Å². The maximum absolute atomic E-state index is 12.2. The Hall–Kier alpha value is -2.22. The van der Waals surface area contributed by atoms with Gasteiger partial charge in [0.2, 0.25) is 11.1 Å². The van der Waals surface area contributed by atoms with Gasteiger partial charge in [0.15, 0.2) is 5.82 Å². The standard InChI is InChI=1S/C17H25N5O2S/c1-6-24-13-9-7-12(8-10-13)14-20-21-16(22(14)18)25-11(2)15(23)19-17(3,4)5/h7-11H,6,18H2,1-5H3,(H,19,23). The fourth-order valence-corrected chi connectivity index (χ4v) is 2.87. The van der Waals surface area contributed by atoms with Crippen molar-refractivity contribution in [2.24, 2.45) is 0 Å². The van der Waals surface area contributed by atoms with Crippen molar-refractivity contribution in [2.45, 2.75) is 50.6 Å². The Balaban J connectivity index is 2.11. The van der Waals surface area contributed by atoms with Crippen LogP contribution in [-0.2, 0) is 4.79 Å². The Morgan fingerprint density at radius 1 is 1.32 bits per heavy atom. The van der Waals surface area contributed by atoms with Gasteiger partial charge in [0.25, 0.3) is 0 Å². The molecule has 25 heavy (non-hydrogen) atoms. The number of hydrogen-bond acceptors (Lipinski definition) is 6. The first kappa shape index (κ1) is 19.1. The molecule has 2 rings (SSSR count). The van der Waals surface area contributed by atoms with Gasteiger partial charge in [0, 0.05) is 11.1 Å². The van der Waals surface area contributed by atoms with Gasteiger partial charge in [0.1, 0.15) is 5.75 Å². The molecule has 1 aromatic heterocycles. The second-order valence-corrected chi connectivity index (χ2v) is 7.94. The molecule has 0 spiro atoms. The molecule has 0 aliphatic carbocycles. The second kappa shape index (κ2) is 7.77. The van der Waals surface area contributed by atoms with E-state index in [1.165, 1.54) is 16.4 Å². The molecular formula is C17H25N5O2S. The number of hydrogen-bond donors (Lipinski definition) is 2. The lowest BCUT2D eigenvalue weighted by Crippen LogP contribution is -2.44. The molecule has 0 bridgehead atoms. The molecule has 1 unspecified atom stereocenters. The van der Waals surface area contributed by atoms with E-state index in [4.69, 9.17) is 10.6 Å². The molecule has 0 aliphatic rings. The molecule has 1 aromatic carbocycles. The van der Waals surface area contributed by atoms with Crippen LogP contribution in [0.25, 0.3) is 11.4 Å². The van der Waals surface area contributed by atoms with Gasteiger partial charge in [-0.3, -0.25) is 4.79 Å². The third-order valence-electron chi connectivity index (χ3n) is 3.24. The number of nitrogens with two attached hydrogens (primary N) is 1. The Morgan fingerprint density at radius 2 is 1.96 bits per heavy atom. The number of carbonyl (C=O) groups excluding carboxylic acids is 1. The normalized spacial score (nSPS) is 12.7. The van der Waals surface area contributed by atoms with Crippen molar-refractivity contribution in [1.82, 2.24) is 20.2 Å². The number of aromatic nitrogens is 3. The number of ether oxygens (including phenoxy) is 1. The zero-order valence-corrected chi connectivity index (χ0v) is 16.1. The minimum atomic E-state index is -0.334. The summed E-state index contributed by atoms with van der Waals surface area (Å²) in [5, 5.41) is 11.3. The molecule has 0 saturated carbocycles. The molecule has 1 amide bonds. The summed E-state index contributed by atoms with van der Waals surface area (Å²) in [6.07, 6.45) is 0. The first-order valence-corrected chi connectivity index (χ1v) is 9.01. The van der Waals surface area contributed by atoms with Crippen LogP contribution in [0.15, 0.2) is 29.4 Å². The van der Waals surface area contributed by atoms with Gasteiger partial charge in [0.05, 0.1) is 11.9 Å². The van der Waals surface area contributed by atoms with Crippen LogP contribution in [0.4, 0.5) is 0 Å². The number of amides is 1. The van der Waals surface area contributed by atoms with Crippen LogP contribution in [-0.4, -0.2) is 38.2 Å². The van der Waals surface area contributed by atoms with E-state index in [-0.39, 0.29) is 16.7 Å². The van der Waals surface area contributed by atoms with Gasteiger partial charge in [-0.2, -0.15) is 0 Å². The predicted octanol–water partition coefficient (Wildman–Crippen LogP) is 2.45. The van der Waals surface area contributed by atoms with Gasteiger partial charge >= 0.3 is 0 Å². The number of carbonyl (C=O) groups is 1. The molecule has 8 heteroatoms. The van der Waals surface area contributed by atoms with Crippen molar-refractivity contribution in [2.75, 3.05) is 12.4 Å². The van der Waals surface area contributed by atoms with Gasteiger partial charge in [-0.05, 0) is 58.9 Å². The van der Waals surface area contributed by atoms with E-state index in [2.05, 4.69) is 15.5 Å². The molecule has 0 fully saturated rings. The largest absolute Gasteiger partial charge is 0.494 e. The monoisotopic (exact) mass is 363 g/mol. The smallest absolute Gasteiger partial charge is 0.233 e. The van der Waals surface area contributed by atoms with E-state index in [9.17, 15) is 4.79 Å². The highest BCUT2D eigenvalue weighted by Crippen LogP contribution is 2.26. The van der Waals surface area contributed by atoms with Crippen molar-refractivity contribution in [3.05, 3.63) is 24.3 Å². The van der Waals surface area contributed by atoms with Gasteiger partial charge in [-0.1, -0.05) is 11.8 Å². The van der Waals surface area contributed by atoms with Crippen molar-refractivity contribution in [3.63, 3.8) is 0 Å². The van der Waals surface area contributed by atoms with Gasteiger partial charge < -0.3 is 15.9 Å². The second-order valence-electron chi connectivity index (χ2n) is 6.63. The summed E-state index contributed by atoms with van der Waals surface area (Å²) in [6.45, 7) is 10.2. The average molecular weight is 363 g/mol. The molecule has 3 N–H and O–H groups in total. The highest BCUT2D eigenvalue weighted by Gasteiger charge is 2.23. The van der Waals surface area contributed by atoms with Crippen LogP contribution in [0.1, 0.15) is 34.6 Å². The third kappa shape index (κ3) is 5.12. The van der Waals surface area contributed by atoms with Crippen LogP contribution < -0.4 is 15.9 Å². The zero-order chi connectivity index (χ0) is 18.6. The molecular weight excluding hydrogens is 338 g/mol. The first-order chi connectivity index (χ1) is 11.7. The van der Waals surface area contributed by atoms with Crippen LogP contribution in [0.5, 0.6) is 5.75 Å². The fraction of sp³-hybridized carbons (Fsp3) is 0.471. The maximum Gasteiger partial charge on any atom is 0.233 e. The lowest BCUT2D eigenvalue weighted by molar-refractivity contribution is -0.121. The van der Waals surface area contributed by atoms with Crippen LogP contribution >= 0.6 is 11.8 Å². The topological polar surface area (TPSA) is 95.1 Å². The average Bonchev–Trinajstić information content (AvgIpc) is 2.88. The highest BCUT2D eigenvalue weighted by molar-refractivity contribution is 8.00. The molecule has 1 heterocycles. The van der Waals surface area contributed by atoms with E-state index in [0.29, 0.717) is 17.6 Å². The summed E-state index contributed by atoms with van der Waals surface area (Å²) >= 11 is 1.27. The summed E-state index contributed by atoms with van der Waals surface area (Å²) < 4.78 is 6.83. The number of nitrogens with one attached hydrogen (secondary N) is 1. The molecule has 7 nitrogen and oxygen atoms in total. The number of benzene rings is 1. The van der Waals surface area contributed by atoms with E-state index in [0.717, 1.165) is 11.3 Å². The number of rotatable bonds is 6. The maximum atomic E-state index is 12.2. The lowest BCUT2D eigenvalue weighted by atomic mass is 10.1. The quantitative estimate of drug-likeness (QED) is 0.605. The Kier molecular flexibility index (Phi) is 5.94. The minimum absolute atomic E-state index is 0.0666. The summed E-state index contributed by atoms with van der Waals surface area (Å²) in [4.78, 5) is 12.2. The van der Waals surface area contributed by atoms with E-state index in [1.807, 2.05) is 58.9 Å². The first-order valence-electron chi connectivity index (χ1n) is 8.13. The molecule has 0 aliphatic heterocycles. The SMILES string of the molecule is CCOc1ccc(-c2nnc(SC(C)C(=O)NC(C)(C)C)n2N)cc1. The summed E-state index contributed by atoms with van der Waals surface area (Å²) in [7, 11) is 0. The molecule has 2 aromatic rings. The summed E-state index contributed by atoms with van der Waals surface area (Å²) in [6, 6.07) is 7.48. The summed E-state index contributed by atoms with van der Waals surface area (Å²) in [5.74, 6) is 7.37. The highest BCUT2D eigenvalue weighted by atomic mass is 32.2. The van der Waals surface area contributed by atoms with Crippen molar-refractivity contribution in [1.29, 1.82) is 0 Å². The Bertz CT molecular complexity index is 722. The number of nitrogen functional groups attached to an aromatic ring is 1. The van der Waals surface area contributed by atoms with Crippen LogP contribution in [0.3, 0.4) is 0 Å². The zero-order valence-electron chi connectivity index (χ0n) is 15.2. The van der Waals surface area contributed by atoms with Crippen LogP contribution in [0.2, 0.25) is 0 Å². The molecule has 1 atom stereocenters. The fourth-order valence-electron chi connectivity index (χ4n) is 2.10. The van der Waals surface area contributed by atoms with Crippen LogP contribution in [0, 0.1) is 0 Å². The van der Waals surface area contributed by atoms with Crippen molar-refractivity contribution < 1.29 is 9.53 Å². The Morgan fingerprint density at radius 3 is 2.52 bits per heavy atom.